The van der Waals surface area contributed by atoms with Crippen LogP contribution in [0.1, 0.15) is 35.1 Å². The van der Waals surface area contributed by atoms with Crippen LogP contribution < -0.4 is 5.32 Å². The highest BCUT2D eigenvalue weighted by atomic mass is 32.2. The van der Waals surface area contributed by atoms with Crippen molar-refractivity contribution in [2.45, 2.75) is 44.3 Å². The van der Waals surface area contributed by atoms with E-state index >= 15 is 0 Å². The third-order valence-corrected chi connectivity index (χ3v) is 7.54. The van der Waals surface area contributed by atoms with Crippen LogP contribution in [0.4, 0.5) is 13.2 Å². The fourth-order valence-electron chi connectivity index (χ4n) is 3.79. The summed E-state index contributed by atoms with van der Waals surface area (Å²) in [6.07, 6.45) is -4.26. The highest BCUT2D eigenvalue weighted by Gasteiger charge is 2.40. The molecule has 1 heterocycles. The molecule has 2 aromatic carbocycles. The lowest BCUT2D eigenvalue weighted by Crippen LogP contribution is -2.43. The number of halogens is 3. The van der Waals surface area contributed by atoms with Gasteiger partial charge in [0.2, 0.25) is 15.9 Å². The normalized spacial score (nSPS) is 16.3. The minimum Gasteiger partial charge on any atom is -0.352 e. The summed E-state index contributed by atoms with van der Waals surface area (Å²) in [5.41, 5.74) is 2.03. The fourth-order valence-corrected chi connectivity index (χ4v) is 5.48. The largest absolute Gasteiger partial charge is 0.417 e. The molecule has 0 saturated carbocycles. The van der Waals surface area contributed by atoms with E-state index < -0.39 is 26.7 Å². The zero-order valence-electron chi connectivity index (χ0n) is 17.4. The molecule has 0 radical (unpaired) electrons. The van der Waals surface area contributed by atoms with Crippen LogP contribution in [-0.4, -0.2) is 31.7 Å². The van der Waals surface area contributed by atoms with Gasteiger partial charge in [-0.3, -0.25) is 4.79 Å². The van der Waals surface area contributed by atoms with Crippen molar-refractivity contribution in [3.8, 4) is 0 Å². The molecular weight excluding hydrogens is 429 g/mol. The smallest absolute Gasteiger partial charge is 0.352 e. The van der Waals surface area contributed by atoms with Gasteiger partial charge in [0.05, 0.1) is 10.5 Å². The van der Waals surface area contributed by atoms with Crippen LogP contribution in [-0.2, 0) is 27.5 Å². The average Bonchev–Trinajstić information content (AvgIpc) is 2.72. The Morgan fingerprint density at radius 2 is 1.74 bits per heavy atom. The van der Waals surface area contributed by atoms with Gasteiger partial charge in [-0.25, -0.2) is 8.42 Å². The van der Waals surface area contributed by atoms with E-state index in [2.05, 4.69) is 5.32 Å². The van der Waals surface area contributed by atoms with Crippen LogP contribution in [0, 0.1) is 19.8 Å². The minimum atomic E-state index is -4.77. The predicted molar refractivity (Wildman–Crippen MR) is 111 cm³/mol. The van der Waals surface area contributed by atoms with Crippen LogP contribution in [0.15, 0.2) is 47.4 Å². The van der Waals surface area contributed by atoms with Crippen LogP contribution in [0.25, 0.3) is 0 Å². The molecule has 1 N–H and O–H groups in total. The summed E-state index contributed by atoms with van der Waals surface area (Å²) in [6, 6.07) is 10.1. The van der Waals surface area contributed by atoms with Crippen LogP contribution in [0.5, 0.6) is 0 Å². The summed E-state index contributed by atoms with van der Waals surface area (Å²) >= 11 is 0. The van der Waals surface area contributed by atoms with Crippen molar-refractivity contribution in [2.75, 3.05) is 13.1 Å². The second-order valence-electron chi connectivity index (χ2n) is 7.82. The van der Waals surface area contributed by atoms with E-state index in [-0.39, 0.29) is 37.8 Å². The number of hydrogen-bond donors (Lipinski definition) is 1. The third-order valence-electron chi connectivity index (χ3n) is 5.59. The van der Waals surface area contributed by atoms with Gasteiger partial charge in [0, 0.05) is 25.6 Å². The number of piperidine rings is 1. The molecule has 5 nitrogen and oxygen atoms in total. The summed E-state index contributed by atoms with van der Waals surface area (Å²) in [5, 5.41) is 2.89. The number of carbonyl (C=O) groups excluding carboxylic acids is 1. The van der Waals surface area contributed by atoms with E-state index in [9.17, 15) is 26.4 Å². The van der Waals surface area contributed by atoms with Crippen LogP contribution in [0.2, 0.25) is 0 Å². The van der Waals surface area contributed by atoms with E-state index in [1.165, 1.54) is 6.07 Å². The van der Waals surface area contributed by atoms with E-state index in [1.54, 1.807) is 0 Å². The molecule has 0 bridgehead atoms. The number of aryl methyl sites for hydroxylation is 2. The summed E-state index contributed by atoms with van der Waals surface area (Å²) in [4.78, 5) is 11.8. The minimum absolute atomic E-state index is 0.00380. The van der Waals surface area contributed by atoms with Crippen molar-refractivity contribution in [3.63, 3.8) is 0 Å². The van der Waals surface area contributed by atoms with Gasteiger partial charge in [-0.1, -0.05) is 35.9 Å². The Labute approximate surface area is 180 Å². The molecule has 1 aliphatic rings. The van der Waals surface area contributed by atoms with Crippen molar-refractivity contribution in [1.29, 1.82) is 0 Å². The first-order valence-corrected chi connectivity index (χ1v) is 11.4. The lowest BCUT2D eigenvalue weighted by molar-refractivity contribution is -0.139. The highest BCUT2D eigenvalue weighted by Crippen LogP contribution is 2.36. The summed E-state index contributed by atoms with van der Waals surface area (Å²) in [6.45, 7) is 4.33. The topological polar surface area (TPSA) is 66.5 Å². The molecule has 0 aromatic heterocycles. The Morgan fingerprint density at radius 1 is 1.10 bits per heavy atom. The number of carbonyl (C=O) groups is 1. The predicted octanol–water partition coefficient (Wildman–Crippen LogP) is 4.04. The first kappa shape index (κ1) is 23.3. The van der Waals surface area contributed by atoms with Crippen molar-refractivity contribution < 1.29 is 26.4 Å². The number of sulfonamides is 1. The molecule has 1 fully saturated rings. The molecule has 168 valence electrons. The maximum absolute atomic E-state index is 13.3. The van der Waals surface area contributed by atoms with Crippen molar-refractivity contribution in [3.05, 3.63) is 64.7 Å². The Balaban J connectivity index is 1.63. The molecule has 0 aliphatic carbocycles. The summed E-state index contributed by atoms with van der Waals surface area (Å²) < 4.78 is 66.5. The first-order valence-electron chi connectivity index (χ1n) is 10.0. The number of nitrogens with zero attached hydrogens (tertiary/aromatic N) is 1. The van der Waals surface area contributed by atoms with Gasteiger partial charge in [0.1, 0.15) is 0 Å². The SMILES string of the molecule is Cc1ccc(CNC(=O)C2CCN(S(=O)(=O)c3ccccc3C(F)(F)F)CC2)c(C)c1. The molecular formula is C22H25F3N2O3S. The third kappa shape index (κ3) is 5.27. The van der Waals surface area contributed by atoms with Gasteiger partial charge in [0.25, 0.3) is 0 Å². The molecule has 0 unspecified atom stereocenters. The number of amides is 1. The fraction of sp³-hybridized carbons (Fsp3) is 0.409. The number of benzene rings is 2. The Morgan fingerprint density at radius 3 is 2.35 bits per heavy atom. The molecule has 9 heteroatoms. The number of rotatable bonds is 5. The van der Waals surface area contributed by atoms with Gasteiger partial charge in [-0.2, -0.15) is 17.5 Å². The van der Waals surface area contributed by atoms with Gasteiger partial charge < -0.3 is 5.32 Å². The van der Waals surface area contributed by atoms with Crippen molar-refractivity contribution >= 4 is 15.9 Å². The van der Waals surface area contributed by atoms with Crippen LogP contribution in [0.3, 0.4) is 0 Å². The molecule has 1 saturated heterocycles. The second-order valence-corrected chi connectivity index (χ2v) is 9.73. The highest BCUT2D eigenvalue weighted by molar-refractivity contribution is 7.89. The van der Waals surface area contributed by atoms with Gasteiger partial charge in [-0.05, 0) is 49.9 Å². The quantitative estimate of drug-likeness (QED) is 0.742. The molecule has 0 spiro atoms. The van der Waals surface area contributed by atoms with Gasteiger partial charge in [0.15, 0.2) is 0 Å². The van der Waals surface area contributed by atoms with Crippen molar-refractivity contribution in [2.24, 2.45) is 5.92 Å². The zero-order chi connectivity index (χ0) is 22.8. The lowest BCUT2D eigenvalue weighted by atomic mass is 9.97. The second kappa shape index (κ2) is 9.00. The van der Waals surface area contributed by atoms with E-state index in [1.807, 2.05) is 32.0 Å². The van der Waals surface area contributed by atoms with Crippen molar-refractivity contribution in [1.82, 2.24) is 9.62 Å². The monoisotopic (exact) mass is 454 g/mol. The first-order chi connectivity index (χ1) is 14.5. The molecule has 1 aliphatic heterocycles. The average molecular weight is 455 g/mol. The number of nitrogens with one attached hydrogen (secondary N) is 1. The van der Waals surface area contributed by atoms with E-state index in [0.29, 0.717) is 6.54 Å². The maximum atomic E-state index is 13.3. The standard InChI is InChI=1S/C22H25F3N2O3S/c1-15-7-8-18(16(2)13-15)14-26-21(28)17-9-11-27(12-10-17)31(29,30)20-6-4-3-5-19(20)22(23,24)25/h3-8,13,17H,9-12,14H2,1-2H3,(H,26,28). The summed E-state index contributed by atoms with van der Waals surface area (Å²) in [7, 11) is -4.31. The van der Waals surface area contributed by atoms with Crippen LogP contribution >= 0.6 is 0 Å². The van der Waals surface area contributed by atoms with E-state index in [0.717, 1.165) is 39.2 Å². The summed E-state index contributed by atoms with van der Waals surface area (Å²) in [5.74, 6) is -0.553. The lowest BCUT2D eigenvalue weighted by Gasteiger charge is -2.31. The molecule has 0 atom stereocenters. The Bertz CT molecular complexity index is 1060. The maximum Gasteiger partial charge on any atom is 0.417 e. The Kier molecular flexibility index (Phi) is 6.76. The number of hydrogen-bond acceptors (Lipinski definition) is 3. The molecule has 2 aromatic rings. The van der Waals surface area contributed by atoms with E-state index in [4.69, 9.17) is 0 Å². The molecule has 3 rings (SSSR count). The van der Waals surface area contributed by atoms with Gasteiger partial charge >= 0.3 is 6.18 Å². The Hall–Kier alpha value is -2.39. The molecule has 1 amide bonds. The zero-order valence-corrected chi connectivity index (χ0v) is 18.2. The molecule has 31 heavy (non-hydrogen) atoms. The van der Waals surface area contributed by atoms with Gasteiger partial charge in [-0.15, -0.1) is 0 Å². The number of alkyl halides is 3.